The van der Waals surface area contributed by atoms with Crippen LogP contribution in [0.2, 0.25) is 0 Å². The zero-order valence-corrected chi connectivity index (χ0v) is 15.6. The molecule has 4 rings (SSSR count). The molecule has 1 aliphatic rings. The summed E-state index contributed by atoms with van der Waals surface area (Å²) in [6.07, 6.45) is 1.34. The fourth-order valence-electron chi connectivity index (χ4n) is 3.50. The molecule has 0 aliphatic carbocycles. The molecule has 0 bridgehead atoms. The maximum atomic E-state index is 13.0. The van der Waals surface area contributed by atoms with Crippen LogP contribution in [0.1, 0.15) is 23.4 Å². The Bertz CT molecular complexity index is 1080. The van der Waals surface area contributed by atoms with Crippen molar-refractivity contribution in [2.75, 3.05) is 11.4 Å². The van der Waals surface area contributed by atoms with E-state index in [1.807, 2.05) is 19.9 Å². The highest BCUT2D eigenvalue weighted by Gasteiger charge is 2.32. The van der Waals surface area contributed by atoms with E-state index in [0.717, 1.165) is 17.0 Å². The Morgan fingerprint density at radius 3 is 2.86 bits per heavy atom. The second-order valence-electron chi connectivity index (χ2n) is 6.71. The molecule has 9 nitrogen and oxygen atoms in total. The van der Waals surface area contributed by atoms with E-state index in [0.29, 0.717) is 23.6 Å². The average molecular weight is 380 g/mol. The van der Waals surface area contributed by atoms with Crippen LogP contribution in [-0.4, -0.2) is 44.0 Å². The Labute approximate surface area is 161 Å². The largest absolute Gasteiger partial charge is 0.477 e. The maximum Gasteiger partial charge on any atom is 0.260 e. The van der Waals surface area contributed by atoms with E-state index < -0.39 is 12.0 Å². The van der Waals surface area contributed by atoms with E-state index in [2.05, 4.69) is 15.1 Å². The third-order valence-corrected chi connectivity index (χ3v) is 4.97. The van der Waals surface area contributed by atoms with E-state index in [4.69, 9.17) is 10.5 Å². The number of para-hydroxylation sites is 2. The van der Waals surface area contributed by atoms with Gasteiger partial charge in [-0.25, -0.2) is 9.50 Å². The number of hydrogen-bond donors (Lipinski definition) is 1. The molecule has 1 atom stereocenters. The monoisotopic (exact) mass is 380 g/mol. The number of benzene rings is 1. The summed E-state index contributed by atoms with van der Waals surface area (Å²) in [5.74, 6) is 0.305. The van der Waals surface area contributed by atoms with Crippen LogP contribution in [0.4, 0.5) is 5.69 Å². The van der Waals surface area contributed by atoms with Gasteiger partial charge < -0.3 is 15.4 Å². The van der Waals surface area contributed by atoms with Gasteiger partial charge in [0.05, 0.1) is 12.2 Å². The molecule has 0 saturated heterocycles. The summed E-state index contributed by atoms with van der Waals surface area (Å²) in [6, 6.07) is 7.13. The lowest BCUT2D eigenvalue weighted by molar-refractivity contribution is -0.125. The number of amides is 2. The summed E-state index contributed by atoms with van der Waals surface area (Å²) < 4.78 is 7.28. The van der Waals surface area contributed by atoms with Crippen molar-refractivity contribution >= 4 is 23.3 Å². The first-order valence-corrected chi connectivity index (χ1v) is 8.97. The molecule has 144 valence electrons. The molecule has 28 heavy (non-hydrogen) atoms. The first-order chi connectivity index (χ1) is 13.5. The highest BCUT2D eigenvalue weighted by molar-refractivity contribution is 5.97. The lowest BCUT2D eigenvalue weighted by Crippen LogP contribution is -2.49. The van der Waals surface area contributed by atoms with Gasteiger partial charge in [0, 0.05) is 17.8 Å². The summed E-state index contributed by atoms with van der Waals surface area (Å²) in [6.45, 7) is 3.93. The first-order valence-electron chi connectivity index (χ1n) is 8.97. The number of carbonyl (C=O) groups excluding carboxylic acids is 2. The van der Waals surface area contributed by atoms with Gasteiger partial charge >= 0.3 is 0 Å². The van der Waals surface area contributed by atoms with E-state index in [-0.39, 0.29) is 18.9 Å². The standard InChI is InChI=1S/C19H20N6O3/c1-11-13(12(2)25-19(23-11)21-10-22-25)7-8-17(26)24-9-16(18(20)27)28-15-6-4-3-5-14(15)24/h3-6,10,16H,7-9H2,1-2H3,(H2,20,27). The SMILES string of the molecule is Cc1nc2ncnn2c(C)c1CCC(=O)N1CC(C(N)=O)Oc2ccccc21. The summed E-state index contributed by atoms with van der Waals surface area (Å²) in [5.41, 5.74) is 8.74. The molecule has 9 heteroatoms. The van der Waals surface area contributed by atoms with E-state index in [1.165, 1.54) is 6.33 Å². The number of aryl methyl sites for hydroxylation is 2. The number of hydrogen-bond acceptors (Lipinski definition) is 6. The van der Waals surface area contributed by atoms with E-state index in [9.17, 15) is 9.59 Å². The van der Waals surface area contributed by atoms with Crippen LogP contribution in [0, 0.1) is 13.8 Å². The number of primary amides is 1. The van der Waals surface area contributed by atoms with Crippen LogP contribution in [0.25, 0.3) is 5.78 Å². The number of nitrogens with zero attached hydrogens (tertiary/aromatic N) is 5. The number of rotatable bonds is 4. The topological polar surface area (TPSA) is 116 Å². The second-order valence-corrected chi connectivity index (χ2v) is 6.71. The van der Waals surface area contributed by atoms with Crippen molar-refractivity contribution in [2.24, 2.45) is 5.73 Å². The second kappa shape index (κ2) is 6.91. The molecule has 2 aromatic heterocycles. The quantitative estimate of drug-likeness (QED) is 0.721. The van der Waals surface area contributed by atoms with Crippen molar-refractivity contribution in [3.63, 3.8) is 0 Å². The fourth-order valence-corrected chi connectivity index (χ4v) is 3.50. The summed E-state index contributed by atoms with van der Waals surface area (Å²) in [4.78, 5) is 34.8. The molecular formula is C19H20N6O3. The molecule has 3 aromatic rings. The van der Waals surface area contributed by atoms with Crippen LogP contribution in [0.15, 0.2) is 30.6 Å². The number of fused-ring (bicyclic) bond motifs is 2. The van der Waals surface area contributed by atoms with Gasteiger partial charge in [0.25, 0.3) is 11.7 Å². The number of ether oxygens (including phenoxy) is 1. The van der Waals surface area contributed by atoms with Gasteiger partial charge in [-0.15, -0.1) is 0 Å². The van der Waals surface area contributed by atoms with Gasteiger partial charge in [-0.3, -0.25) is 9.59 Å². The van der Waals surface area contributed by atoms with Crippen molar-refractivity contribution in [1.82, 2.24) is 19.6 Å². The number of nitrogens with two attached hydrogens (primary N) is 1. The molecule has 3 heterocycles. The van der Waals surface area contributed by atoms with Gasteiger partial charge in [0.2, 0.25) is 5.91 Å². The molecule has 0 spiro atoms. The number of aromatic nitrogens is 4. The van der Waals surface area contributed by atoms with Crippen LogP contribution in [0.5, 0.6) is 5.75 Å². The summed E-state index contributed by atoms with van der Waals surface area (Å²) in [5, 5.41) is 4.18. The van der Waals surface area contributed by atoms with Gasteiger partial charge in [-0.05, 0) is 38.0 Å². The number of anilines is 1. The van der Waals surface area contributed by atoms with Crippen molar-refractivity contribution in [3.05, 3.63) is 47.5 Å². The lowest BCUT2D eigenvalue weighted by atomic mass is 10.1. The molecule has 1 aromatic carbocycles. The van der Waals surface area contributed by atoms with E-state index in [1.54, 1.807) is 27.6 Å². The van der Waals surface area contributed by atoms with Crippen molar-refractivity contribution in [3.8, 4) is 5.75 Å². The molecule has 1 unspecified atom stereocenters. The zero-order chi connectivity index (χ0) is 19.8. The Hall–Kier alpha value is -3.49. The minimum absolute atomic E-state index is 0.101. The highest BCUT2D eigenvalue weighted by atomic mass is 16.5. The molecule has 2 amide bonds. The third-order valence-electron chi connectivity index (χ3n) is 4.97. The zero-order valence-electron chi connectivity index (χ0n) is 15.6. The highest BCUT2D eigenvalue weighted by Crippen LogP contribution is 2.33. The van der Waals surface area contributed by atoms with Crippen molar-refractivity contribution in [1.29, 1.82) is 0 Å². The summed E-state index contributed by atoms with van der Waals surface area (Å²) >= 11 is 0. The van der Waals surface area contributed by atoms with Gasteiger partial charge in [0.15, 0.2) is 6.10 Å². The smallest absolute Gasteiger partial charge is 0.260 e. The van der Waals surface area contributed by atoms with Gasteiger partial charge in [-0.2, -0.15) is 10.1 Å². The van der Waals surface area contributed by atoms with Gasteiger partial charge in [0.1, 0.15) is 12.1 Å². The van der Waals surface area contributed by atoms with Crippen molar-refractivity contribution in [2.45, 2.75) is 32.8 Å². The Morgan fingerprint density at radius 2 is 2.07 bits per heavy atom. The predicted molar refractivity (Wildman–Crippen MR) is 101 cm³/mol. The summed E-state index contributed by atoms with van der Waals surface area (Å²) in [7, 11) is 0. The van der Waals surface area contributed by atoms with Crippen LogP contribution in [0.3, 0.4) is 0 Å². The first kappa shape index (κ1) is 17.9. The minimum atomic E-state index is -0.865. The lowest BCUT2D eigenvalue weighted by Gasteiger charge is -2.33. The molecular weight excluding hydrogens is 360 g/mol. The molecule has 2 N–H and O–H groups in total. The maximum absolute atomic E-state index is 13.0. The van der Waals surface area contributed by atoms with Crippen LogP contribution >= 0.6 is 0 Å². The minimum Gasteiger partial charge on any atom is -0.477 e. The molecule has 0 saturated carbocycles. The average Bonchev–Trinajstić information content (AvgIpc) is 3.15. The van der Waals surface area contributed by atoms with Gasteiger partial charge in [-0.1, -0.05) is 12.1 Å². The normalized spacial score (nSPS) is 15.9. The molecule has 0 radical (unpaired) electrons. The Balaban J connectivity index is 1.58. The van der Waals surface area contributed by atoms with Crippen LogP contribution in [-0.2, 0) is 16.0 Å². The molecule has 1 aliphatic heterocycles. The van der Waals surface area contributed by atoms with E-state index >= 15 is 0 Å². The number of carbonyl (C=O) groups is 2. The van der Waals surface area contributed by atoms with Crippen molar-refractivity contribution < 1.29 is 14.3 Å². The van der Waals surface area contributed by atoms with Crippen LogP contribution < -0.4 is 15.4 Å². The predicted octanol–water partition coefficient (Wildman–Crippen LogP) is 0.953. The fraction of sp³-hybridized carbons (Fsp3) is 0.316. The molecule has 0 fully saturated rings. The Kier molecular flexibility index (Phi) is 4.42. The third kappa shape index (κ3) is 3.04. The Morgan fingerprint density at radius 1 is 1.29 bits per heavy atom.